The third-order valence-corrected chi connectivity index (χ3v) is 5.87. The molecule has 3 fully saturated rings. The van der Waals surface area contributed by atoms with Gasteiger partial charge in [0.2, 0.25) is 5.91 Å². The van der Waals surface area contributed by atoms with Gasteiger partial charge in [-0.3, -0.25) is 9.69 Å². The van der Waals surface area contributed by atoms with Crippen molar-refractivity contribution in [3.05, 3.63) is 12.4 Å². The number of rotatable bonds is 5. The van der Waals surface area contributed by atoms with Crippen molar-refractivity contribution in [2.45, 2.75) is 50.6 Å². The Morgan fingerprint density at radius 2 is 1.88 bits per heavy atom. The fourth-order valence-corrected chi connectivity index (χ4v) is 4.22. The number of hydrogen-bond donors (Lipinski definition) is 1. The van der Waals surface area contributed by atoms with Gasteiger partial charge < -0.3 is 15.0 Å². The quantitative estimate of drug-likeness (QED) is 0.858. The molecule has 0 bridgehead atoms. The van der Waals surface area contributed by atoms with Crippen molar-refractivity contribution < 1.29 is 9.53 Å². The highest BCUT2D eigenvalue weighted by Crippen LogP contribution is 2.29. The van der Waals surface area contributed by atoms with E-state index in [4.69, 9.17) is 4.74 Å². The zero-order valence-electron chi connectivity index (χ0n) is 15.6. The molecule has 1 atom stereocenters. The van der Waals surface area contributed by atoms with Gasteiger partial charge >= 0.3 is 0 Å². The predicted octanol–water partition coefficient (Wildman–Crippen LogP) is 1.44. The summed E-state index contributed by atoms with van der Waals surface area (Å²) < 4.78 is 5.35. The third-order valence-electron chi connectivity index (χ3n) is 5.87. The summed E-state index contributed by atoms with van der Waals surface area (Å²) in [5.74, 6) is 1.89. The number of ether oxygens (including phenoxy) is 1. The Bertz CT molecular complexity index is 628. The first kappa shape index (κ1) is 17.5. The molecular formula is C19H29N5O2. The molecule has 3 heterocycles. The largest absolute Gasteiger partial charge is 0.478 e. The molecule has 7 nitrogen and oxygen atoms in total. The Hall–Kier alpha value is -1.89. The number of anilines is 1. The number of piperidine rings is 2. The lowest BCUT2D eigenvalue weighted by Gasteiger charge is -2.42. The molecule has 3 aliphatic rings. The van der Waals surface area contributed by atoms with Gasteiger partial charge in [-0.05, 0) is 45.1 Å². The van der Waals surface area contributed by atoms with Gasteiger partial charge in [0, 0.05) is 44.1 Å². The van der Waals surface area contributed by atoms with Crippen molar-refractivity contribution in [3.8, 4) is 5.88 Å². The van der Waals surface area contributed by atoms with E-state index >= 15 is 0 Å². The van der Waals surface area contributed by atoms with Crippen molar-refractivity contribution in [2.24, 2.45) is 5.92 Å². The number of carbonyl (C=O) groups is 1. The van der Waals surface area contributed by atoms with Crippen LogP contribution < -0.4 is 15.0 Å². The summed E-state index contributed by atoms with van der Waals surface area (Å²) in [4.78, 5) is 25.9. The third kappa shape index (κ3) is 3.92. The maximum atomic E-state index is 12.4. The molecule has 2 aliphatic heterocycles. The number of carbonyl (C=O) groups excluding carboxylic acids is 1. The number of aromatic nitrogens is 2. The first-order valence-corrected chi connectivity index (χ1v) is 9.89. The second-order valence-corrected chi connectivity index (χ2v) is 7.72. The zero-order chi connectivity index (χ0) is 17.9. The van der Waals surface area contributed by atoms with E-state index < -0.39 is 0 Å². The van der Waals surface area contributed by atoms with Crippen molar-refractivity contribution >= 4 is 11.7 Å². The van der Waals surface area contributed by atoms with E-state index in [1.54, 1.807) is 19.5 Å². The molecule has 7 heteroatoms. The molecular weight excluding hydrogens is 330 g/mol. The van der Waals surface area contributed by atoms with Gasteiger partial charge in [-0.1, -0.05) is 0 Å². The molecule has 1 aliphatic carbocycles. The molecule has 1 aromatic heterocycles. The van der Waals surface area contributed by atoms with E-state index in [-0.39, 0.29) is 11.8 Å². The maximum Gasteiger partial charge on any atom is 0.257 e. The van der Waals surface area contributed by atoms with Crippen LogP contribution in [-0.2, 0) is 4.79 Å². The lowest BCUT2D eigenvalue weighted by atomic mass is 9.93. The number of amides is 1. The lowest BCUT2D eigenvalue weighted by molar-refractivity contribution is -0.127. The monoisotopic (exact) mass is 359 g/mol. The van der Waals surface area contributed by atoms with Crippen molar-refractivity contribution in [2.75, 3.05) is 38.2 Å². The minimum absolute atomic E-state index is 0.169. The van der Waals surface area contributed by atoms with Gasteiger partial charge in [0.25, 0.3) is 5.88 Å². The number of hydrogen-bond acceptors (Lipinski definition) is 6. The van der Waals surface area contributed by atoms with E-state index in [1.807, 2.05) is 0 Å². The number of methoxy groups -OCH3 is 1. The summed E-state index contributed by atoms with van der Waals surface area (Å²) in [6.45, 7) is 3.94. The van der Waals surface area contributed by atoms with E-state index in [1.165, 1.54) is 0 Å². The molecule has 26 heavy (non-hydrogen) atoms. The second-order valence-electron chi connectivity index (χ2n) is 7.72. The minimum Gasteiger partial charge on any atom is -0.478 e. The summed E-state index contributed by atoms with van der Waals surface area (Å²) in [6, 6.07) is 1.02. The Morgan fingerprint density at radius 3 is 2.62 bits per heavy atom. The maximum absolute atomic E-state index is 12.4. The summed E-state index contributed by atoms with van der Waals surface area (Å²) in [7, 11) is 1.64. The smallest absolute Gasteiger partial charge is 0.257 e. The zero-order valence-corrected chi connectivity index (χ0v) is 15.6. The van der Waals surface area contributed by atoms with Crippen LogP contribution in [0.3, 0.4) is 0 Å². The Morgan fingerprint density at radius 1 is 1.12 bits per heavy atom. The number of nitrogens with one attached hydrogen (secondary N) is 1. The molecule has 4 rings (SSSR count). The highest BCUT2D eigenvalue weighted by atomic mass is 16.5. The van der Waals surface area contributed by atoms with Gasteiger partial charge in [-0.25, -0.2) is 9.97 Å². The van der Waals surface area contributed by atoms with E-state index in [9.17, 15) is 4.79 Å². The molecule has 142 valence electrons. The molecule has 2 saturated heterocycles. The van der Waals surface area contributed by atoms with Crippen LogP contribution >= 0.6 is 0 Å². The second kappa shape index (κ2) is 7.78. The SMILES string of the molecule is COc1nccnc1N1CCC(N2CCC[C@H](C(=O)NC3CC3)C2)CC1. The topological polar surface area (TPSA) is 70.6 Å². The van der Waals surface area contributed by atoms with Gasteiger partial charge in [0.15, 0.2) is 5.82 Å². The molecule has 0 unspecified atom stereocenters. The van der Waals surface area contributed by atoms with Gasteiger partial charge in [-0.15, -0.1) is 0 Å². The van der Waals surface area contributed by atoms with Crippen molar-refractivity contribution in [1.82, 2.24) is 20.2 Å². The molecule has 1 aromatic rings. The van der Waals surface area contributed by atoms with Crippen LogP contribution in [0.5, 0.6) is 5.88 Å². The van der Waals surface area contributed by atoms with Crippen LogP contribution in [0.4, 0.5) is 5.82 Å². The average molecular weight is 359 g/mol. The van der Waals surface area contributed by atoms with Gasteiger partial charge in [0.05, 0.1) is 13.0 Å². The fourth-order valence-electron chi connectivity index (χ4n) is 4.22. The van der Waals surface area contributed by atoms with E-state index in [0.29, 0.717) is 18.0 Å². The van der Waals surface area contributed by atoms with E-state index in [0.717, 1.165) is 70.5 Å². The summed E-state index contributed by atoms with van der Waals surface area (Å²) in [5.41, 5.74) is 0. The summed E-state index contributed by atoms with van der Waals surface area (Å²) >= 11 is 0. The minimum atomic E-state index is 0.169. The Kier molecular flexibility index (Phi) is 5.24. The molecule has 0 spiro atoms. The first-order valence-electron chi connectivity index (χ1n) is 9.89. The summed E-state index contributed by atoms with van der Waals surface area (Å²) in [6.07, 6.45) is 10.0. The number of likely N-dealkylation sites (tertiary alicyclic amines) is 1. The standard InChI is InChI=1S/C19H29N5O2/c1-26-19-17(20-8-9-21-19)23-11-6-16(7-12-23)24-10-2-3-14(13-24)18(25)22-15-4-5-15/h8-9,14-16H,2-7,10-13H2,1H3,(H,22,25)/t14-/m0/s1. The van der Waals surface area contributed by atoms with Crippen LogP contribution in [0.25, 0.3) is 0 Å². The van der Waals surface area contributed by atoms with Crippen LogP contribution in [-0.4, -0.2) is 66.1 Å². The molecule has 1 saturated carbocycles. The Balaban J connectivity index is 1.31. The van der Waals surface area contributed by atoms with Crippen LogP contribution in [0.2, 0.25) is 0 Å². The lowest BCUT2D eigenvalue weighted by Crippen LogP contribution is -2.51. The van der Waals surface area contributed by atoms with Crippen molar-refractivity contribution in [3.63, 3.8) is 0 Å². The Labute approximate surface area is 155 Å². The molecule has 1 N–H and O–H groups in total. The summed E-state index contributed by atoms with van der Waals surface area (Å²) in [5, 5.41) is 3.19. The average Bonchev–Trinajstić information content (AvgIpc) is 3.52. The van der Waals surface area contributed by atoms with E-state index in [2.05, 4.69) is 25.1 Å². The molecule has 1 amide bonds. The van der Waals surface area contributed by atoms with Crippen molar-refractivity contribution in [1.29, 1.82) is 0 Å². The first-order chi connectivity index (χ1) is 12.7. The normalized spacial score (nSPS) is 25.1. The number of nitrogens with zero attached hydrogens (tertiary/aromatic N) is 4. The molecule has 0 aromatic carbocycles. The highest BCUT2D eigenvalue weighted by molar-refractivity contribution is 5.79. The van der Waals surface area contributed by atoms with Gasteiger partial charge in [0.1, 0.15) is 0 Å². The molecule has 0 radical (unpaired) electrons. The van der Waals surface area contributed by atoms with Crippen LogP contribution in [0, 0.1) is 5.92 Å². The van der Waals surface area contributed by atoms with Crippen LogP contribution in [0.15, 0.2) is 12.4 Å². The fraction of sp³-hybridized carbons (Fsp3) is 0.737. The predicted molar refractivity (Wildman–Crippen MR) is 99.3 cm³/mol. The highest BCUT2D eigenvalue weighted by Gasteiger charge is 2.34. The van der Waals surface area contributed by atoms with Crippen LogP contribution in [0.1, 0.15) is 38.5 Å². The van der Waals surface area contributed by atoms with Gasteiger partial charge in [-0.2, -0.15) is 0 Å².